The van der Waals surface area contributed by atoms with Crippen LogP contribution in [0.2, 0.25) is 5.02 Å². The average Bonchev–Trinajstić information content (AvgIpc) is 2.66. The summed E-state index contributed by atoms with van der Waals surface area (Å²) in [5.41, 5.74) is 8.58. The molecule has 1 unspecified atom stereocenters. The van der Waals surface area contributed by atoms with Crippen LogP contribution in [0.5, 0.6) is 5.75 Å². The smallest absolute Gasteiger partial charge is 0.257 e. The highest BCUT2D eigenvalue weighted by atomic mass is 35.5. The number of amides is 1. The van der Waals surface area contributed by atoms with Crippen molar-refractivity contribution in [1.82, 2.24) is 4.90 Å². The van der Waals surface area contributed by atoms with Crippen LogP contribution in [-0.2, 0) is 0 Å². The Labute approximate surface area is 159 Å². The molecule has 0 radical (unpaired) electrons. The first kappa shape index (κ1) is 18.7. The Morgan fingerprint density at radius 2 is 2.15 bits per heavy atom. The fourth-order valence-corrected chi connectivity index (χ4v) is 3.66. The third kappa shape index (κ3) is 4.37. The summed E-state index contributed by atoms with van der Waals surface area (Å²) in [6, 6.07) is 13.7. The van der Waals surface area contributed by atoms with Crippen LogP contribution in [0, 0.1) is 6.92 Å². The number of rotatable bonds is 5. The van der Waals surface area contributed by atoms with Crippen molar-refractivity contribution in [3.63, 3.8) is 0 Å². The van der Waals surface area contributed by atoms with Crippen LogP contribution >= 0.6 is 11.6 Å². The van der Waals surface area contributed by atoms with E-state index in [0.717, 1.165) is 19.4 Å². The topological polar surface area (TPSA) is 55.6 Å². The third-order valence-electron chi connectivity index (χ3n) is 4.77. The number of hydrogen-bond acceptors (Lipinski definition) is 3. The summed E-state index contributed by atoms with van der Waals surface area (Å²) in [6.07, 6.45) is 2.09. The summed E-state index contributed by atoms with van der Waals surface area (Å²) in [4.78, 5) is 15.0. The molecule has 138 valence electrons. The molecule has 0 aromatic heterocycles. The molecule has 0 aliphatic carbocycles. The third-order valence-corrected chi connectivity index (χ3v) is 5.00. The summed E-state index contributed by atoms with van der Waals surface area (Å²) in [5, 5.41) is 0.528. The van der Waals surface area contributed by atoms with E-state index in [-0.39, 0.29) is 5.91 Å². The van der Waals surface area contributed by atoms with E-state index >= 15 is 0 Å². The molecule has 1 saturated heterocycles. The Morgan fingerprint density at radius 3 is 2.92 bits per heavy atom. The van der Waals surface area contributed by atoms with Crippen molar-refractivity contribution in [1.29, 1.82) is 0 Å². The van der Waals surface area contributed by atoms with Gasteiger partial charge >= 0.3 is 0 Å². The Morgan fingerprint density at radius 1 is 1.31 bits per heavy atom. The van der Waals surface area contributed by atoms with Crippen molar-refractivity contribution in [3.05, 3.63) is 64.2 Å². The summed E-state index contributed by atoms with van der Waals surface area (Å²) in [7, 11) is 0. The fraction of sp³-hybridized carbons (Fsp3) is 0.381. The molecule has 2 aromatic carbocycles. The summed E-state index contributed by atoms with van der Waals surface area (Å²) >= 11 is 6.12. The van der Waals surface area contributed by atoms with E-state index in [1.807, 2.05) is 4.90 Å². The quantitative estimate of drug-likeness (QED) is 0.862. The predicted octanol–water partition coefficient (Wildman–Crippen LogP) is 4.01. The van der Waals surface area contributed by atoms with E-state index in [2.05, 4.69) is 31.2 Å². The predicted molar refractivity (Wildman–Crippen MR) is 105 cm³/mol. The maximum Gasteiger partial charge on any atom is 0.257 e. The first-order chi connectivity index (χ1) is 12.6. The van der Waals surface area contributed by atoms with Crippen molar-refractivity contribution >= 4 is 17.5 Å². The van der Waals surface area contributed by atoms with Gasteiger partial charge in [-0.05, 0) is 43.5 Å². The minimum atomic E-state index is -0.0307. The molecule has 4 nitrogen and oxygen atoms in total. The molecular formula is C21H25ClN2O2. The van der Waals surface area contributed by atoms with Crippen molar-refractivity contribution < 1.29 is 9.53 Å². The maximum atomic E-state index is 13.1. The lowest BCUT2D eigenvalue weighted by atomic mass is 9.89. The van der Waals surface area contributed by atoms with E-state index < -0.39 is 0 Å². The highest BCUT2D eigenvalue weighted by Crippen LogP contribution is 2.30. The number of carbonyl (C=O) groups excluding carboxylic acids is 1. The largest absolute Gasteiger partial charge is 0.491 e. The van der Waals surface area contributed by atoms with E-state index in [1.165, 1.54) is 11.1 Å². The molecule has 0 bridgehead atoms. The summed E-state index contributed by atoms with van der Waals surface area (Å²) in [6.45, 7) is 4.33. The van der Waals surface area contributed by atoms with Gasteiger partial charge < -0.3 is 15.4 Å². The number of likely N-dealkylation sites (tertiary alicyclic amines) is 1. The number of ether oxygens (including phenoxy) is 1. The molecule has 5 heteroatoms. The number of nitrogens with two attached hydrogens (primary N) is 1. The van der Waals surface area contributed by atoms with Gasteiger partial charge in [-0.3, -0.25) is 4.79 Å². The molecule has 3 rings (SSSR count). The first-order valence-electron chi connectivity index (χ1n) is 9.06. The van der Waals surface area contributed by atoms with Crippen LogP contribution in [0.15, 0.2) is 42.5 Å². The van der Waals surface area contributed by atoms with Gasteiger partial charge in [0.2, 0.25) is 0 Å². The highest BCUT2D eigenvalue weighted by Gasteiger charge is 2.27. The van der Waals surface area contributed by atoms with Gasteiger partial charge in [-0.15, -0.1) is 0 Å². The van der Waals surface area contributed by atoms with Gasteiger partial charge in [0.1, 0.15) is 12.4 Å². The lowest BCUT2D eigenvalue weighted by Gasteiger charge is -2.33. The number of benzene rings is 2. The minimum Gasteiger partial charge on any atom is -0.491 e. The van der Waals surface area contributed by atoms with Crippen LogP contribution in [0.4, 0.5) is 0 Å². The lowest BCUT2D eigenvalue weighted by molar-refractivity contribution is 0.0703. The van der Waals surface area contributed by atoms with Gasteiger partial charge in [0.05, 0.1) is 5.56 Å². The SMILES string of the molecule is Cc1cccc(C2CCCN(C(=O)c3cc(Cl)ccc3OCCN)C2)c1. The molecule has 1 aliphatic rings. The molecule has 1 heterocycles. The van der Waals surface area contributed by atoms with Crippen LogP contribution in [0.25, 0.3) is 0 Å². The standard InChI is InChI=1S/C21H25ClN2O2/c1-15-4-2-5-16(12-15)17-6-3-10-24(14-17)21(25)19-13-18(22)7-8-20(19)26-11-9-23/h2,4-5,7-8,12-13,17H,3,6,9-11,14,23H2,1H3. The Hall–Kier alpha value is -2.04. The minimum absolute atomic E-state index is 0.0307. The van der Waals surface area contributed by atoms with Crippen LogP contribution in [0.1, 0.15) is 40.2 Å². The molecule has 1 fully saturated rings. The van der Waals surface area contributed by atoms with Gasteiger partial charge in [0.15, 0.2) is 0 Å². The Bertz CT molecular complexity index is 778. The van der Waals surface area contributed by atoms with Crippen molar-refractivity contribution in [2.24, 2.45) is 5.73 Å². The van der Waals surface area contributed by atoms with E-state index in [4.69, 9.17) is 22.1 Å². The first-order valence-corrected chi connectivity index (χ1v) is 9.44. The number of halogens is 1. The van der Waals surface area contributed by atoms with Crippen LogP contribution < -0.4 is 10.5 Å². The van der Waals surface area contributed by atoms with Crippen LogP contribution in [-0.4, -0.2) is 37.0 Å². The maximum absolute atomic E-state index is 13.1. The molecular weight excluding hydrogens is 348 g/mol. The summed E-state index contributed by atoms with van der Waals surface area (Å²) < 4.78 is 5.65. The zero-order chi connectivity index (χ0) is 18.5. The number of carbonyl (C=O) groups is 1. The second-order valence-electron chi connectivity index (χ2n) is 6.78. The van der Waals surface area contributed by atoms with Gasteiger partial charge in [-0.2, -0.15) is 0 Å². The molecule has 1 aliphatic heterocycles. The zero-order valence-electron chi connectivity index (χ0n) is 15.1. The van der Waals surface area contributed by atoms with Crippen molar-refractivity contribution in [2.45, 2.75) is 25.7 Å². The van der Waals surface area contributed by atoms with E-state index in [0.29, 0.717) is 41.9 Å². The van der Waals surface area contributed by atoms with E-state index in [1.54, 1.807) is 18.2 Å². The number of hydrogen-bond donors (Lipinski definition) is 1. The second kappa shape index (κ2) is 8.56. The van der Waals surface area contributed by atoms with Gasteiger partial charge in [-0.25, -0.2) is 0 Å². The zero-order valence-corrected chi connectivity index (χ0v) is 15.8. The number of aryl methyl sites for hydroxylation is 1. The average molecular weight is 373 g/mol. The molecule has 2 N–H and O–H groups in total. The van der Waals surface area contributed by atoms with Gasteiger partial charge in [-0.1, -0.05) is 41.4 Å². The normalized spacial score (nSPS) is 17.2. The number of piperidine rings is 1. The molecule has 1 amide bonds. The van der Waals surface area contributed by atoms with Crippen molar-refractivity contribution in [2.75, 3.05) is 26.2 Å². The fourth-order valence-electron chi connectivity index (χ4n) is 3.49. The lowest BCUT2D eigenvalue weighted by Crippen LogP contribution is -2.39. The Kier molecular flexibility index (Phi) is 6.17. The van der Waals surface area contributed by atoms with Gasteiger partial charge in [0.25, 0.3) is 5.91 Å². The van der Waals surface area contributed by atoms with E-state index in [9.17, 15) is 4.79 Å². The van der Waals surface area contributed by atoms with Crippen LogP contribution in [0.3, 0.4) is 0 Å². The Balaban J connectivity index is 1.80. The molecule has 0 saturated carbocycles. The highest BCUT2D eigenvalue weighted by molar-refractivity contribution is 6.31. The van der Waals surface area contributed by atoms with Gasteiger partial charge in [0, 0.05) is 30.6 Å². The monoisotopic (exact) mass is 372 g/mol. The number of nitrogens with zero attached hydrogens (tertiary/aromatic N) is 1. The molecule has 2 aromatic rings. The molecule has 26 heavy (non-hydrogen) atoms. The molecule has 0 spiro atoms. The van der Waals surface area contributed by atoms with Crippen molar-refractivity contribution in [3.8, 4) is 5.75 Å². The summed E-state index contributed by atoms with van der Waals surface area (Å²) in [5.74, 6) is 0.875. The molecule has 1 atom stereocenters. The second-order valence-corrected chi connectivity index (χ2v) is 7.22.